The van der Waals surface area contributed by atoms with E-state index in [-0.39, 0.29) is 12.1 Å². The number of hydrogen-bond acceptors (Lipinski definition) is 3. The van der Waals surface area contributed by atoms with Gasteiger partial charge in [0.05, 0.1) is 0 Å². The molecule has 6 heteroatoms. The van der Waals surface area contributed by atoms with Crippen LogP contribution in [0, 0.1) is 11.8 Å². The molecule has 0 bridgehead atoms. The topological polar surface area (TPSA) is 78.4 Å². The molecule has 4 unspecified atom stereocenters. The monoisotopic (exact) mass is 302 g/mol. The average molecular weight is 302 g/mol. The molecule has 0 spiro atoms. The molecule has 3 N–H and O–H groups in total. The largest absolute Gasteiger partial charge is 0.480 e. The Morgan fingerprint density at radius 2 is 2.05 bits per heavy atom. The Morgan fingerprint density at radius 3 is 2.65 bits per heavy atom. The first-order chi connectivity index (χ1) is 9.45. The molecule has 0 aromatic rings. The molecule has 5 nitrogen and oxygen atoms in total. The van der Waals surface area contributed by atoms with Crippen LogP contribution < -0.4 is 10.6 Å². The molecule has 0 saturated heterocycles. The van der Waals surface area contributed by atoms with Gasteiger partial charge in [-0.25, -0.2) is 9.59 Å². The van der Waals surface area contributed by atoms with Gasteiger partial charge in [-0.3, -0.25) is 0 Å². The Labute approximate surface area is 125 Å². The number of amides is 2. The summed E-state index contributed by atoms with van der Waals surface area (Å²) in [7, 11) is 0. The Hall–Kier alpha value is -0.910. The van der Waals surface area contributed by atoms with Crippen LogP contribution >= 0.6 is 11.8 Å². The summed E-state index contributed by atoms with van der Waals surface area (Å²) in [5.74, 6) is 0.776. The molecule has 0 heterocycles. The van der Waals surface area contributed by atoms with Crippen LogP contribution in [0.5, 0.6) is 0 Å². The van der Waals surface area contributed by atoms with Crippen molar-refractivity contribution in [3.8, 4) is 0 Å². The molecule has 0 aromatic heterocycles. The highest BCUT2D eigenvalue weighted by molar-refractivity contribution is 7.98. The molecule has 4 atom stereocenters. The van der Waals surface area contributed by atoms with Gasteiger partial charge in [-0.1, -0.05) is 26.7 Å². The lowest BCUT2D eigenvalue weighted by Crippen LogP contribution is -2.52. The van der Waals surface area contributed by atoms with Crippen molar-refractivity contribution < 1.29 is 14.7 Å². The highest BCUT2D eigenvalue weighted by Gasteiger charge is 2.29. The number of aliphatic carboxylic acids is 1. The normalized spacial score (nSPS) is 27.6. The van der Waals surface area contributed by atoms with Crippen molar-refractivity contribution in [1.82, 2.24) is 10.6 Å². The molecule has 0 aromatic carbocycles. The second kappa shape index (κ2) is 8.39. The summed E-state index contributed by atoms with van der Waals surface area (Å²) in [6, 6.07) is -1.02. The molecule has 1 aliphatic carbocycles. The van der Waals surface area contributed by atoms with Crippen molar-refractivity contribution in [2.24, 2.45) is 11.8 Å². The van der Waals surface area contributed by atoms with Crippen LogP contribution in [0.2, 0.25) is 0 Å². The lowest BCUT2D eigenvalue weighted by Gasteiger charge is -2.34. The van der Waals surface area contributed by atoms with E-state index in [4.69, 9.17) is 5.11 Å². The molecule has 2 amide bonds. The number of thioether (sulfide) groups is 1. The predicted molar refractivity (Wildman–Crippen MR) is 82.1 cm³/mol. The first-order valence-electron chi connectivity index (χ1n) is 7.24. The quantitative estimate of drug-likeness (QED) is 0.703. The zero-order chi connectivity index (χ0) is 15.1. The number of urea groups is 1. The molecule has 20 heavy (non-hydrogen) atoms. The highest BCUT2D eigenvalue weighted by Crippen LogP contribution is 2.29. The standard InChI is InChI=1S/C14H26N2O3S/c1-9-5-4-6-11(10(9)2)15-14(19)16-12(13(17)18)7-8-20-3/h9-12H,4-8H2,1-3H3,(H,17,18)(H2,15,16,19). The number of rotatable bonds is 6. The zero-order valence-electron chi connectivity index (χ0n) is 12.5. The Morgan fingerprint density at radius 1 is 1.35 bits per heavy atom. The maximum Gasteiger partial charge on any atom is 0.326 e. The van der Waals surface area contributed by atoms with Crippen LogP contribution in [0.4, 0.5) is 4.79 Å². The summed E-state index contributed by atoms with van der Waals surface area (Å²) >= 11 is 1.58. The van der Waals surface area contributed by atoms with E-state index in [0.717, 1.165) is 12.8 Å². The third-order valence-electron chi connectivity index (χ3n) is 4.24. The fourth-order valence-electron chi connectivity index (χ4n) is 2.65. The summed E-state index contributed by atoms with van der Waals surface area (Å²) in [6.07, 6.45) is 5.66. The number of carbonyl (C=O) groups excluding carboxylic acids is 1. The van der Waals surface area contributed by atoms with E-state index in [0.29, 0.717) is 24.0 Å². The van der Waals surface area contributed by atoms with E-state index < -0.39 is 12.0 Å². The van der Waals surface area contributed by atoms with Gasteiger partial charge in [0.15, 0.2) is 0 Å². The molecule has 116 valence electrons. The third-order valence-corrected chi connectivity index (χ3v) is 4.88. The molecule has 0 radical (unpaired) electrons. The average Bonchev–Trinajstić information content (AvgIpc) is 2.39. The van der Waals surface area contributed by atoms with Crippen LogP contribution in [0.1, 0.15) is 39.5 Å². The summed E-state index contributed by atoms with van der Waals surface area (Å²) in [5.41, 5.74) is 0. The number of carboxylic acid groups (broad SMARTS) is 1. The van der Waals surface area contributed by atoms with E-state index >= 15 is 0 Å². The number of nitrogens with one attached hydrogen (secondary N) is 2. The third kappa shape index (κ3) is 5.23. The van der Waals surface area contributed by atoms with Crippen LogP contribution in [-0.4, -0.2) is 41.2 Å². The van der Waals surface area contributed by atoms with Crippen molar-refractivity contribution in [2.45, 2.75) is 51.6 Å². The number of carboxylic acids is 1. The van der Waals surface area contributed by atoms with E-state index in [1.165, 1.54) is 6.42 Å². The van der Waals surface area contributed by atoms with Gasteiger partial charge in [0.25, 0.3) is 0 Å². The number of hydrogen-bond donors (Lipinski definition) is 3. The summed E-state index contributed by atoms with van der Waals surface area (Å²) in [6.45, 7) is 4.35. The summed E-state index contributed by atoms with van der Waals surface area (Å²) < 4.78 is 0. The van der Waals surface area contributed by atoms with Crippen molar-refractivity contribution in [1.29, 1.82) is 0 Å². The minimum absolute atomic E-state index is 0.147. The summed E-state index contributed by atoms with van der Waals surface area (Å²) in [5, 5.41) is 14.6. The number of carbonyl (C=O) groups is 2. The lowest BCUT2D eigenvalue weighted by molar-refractivity contribution is -0.139. The maximum atomic E-state index is 11.9. The van der Waals surface area contributed by atoms with Crippen LogP contribution in [0.3, 0.4) is 0 Å². The molecular weight excluding hydrogens is 276 g/mol. The van der Waals surface area contributed by atoms with Crippen LogP contribution in [0.15, 0.2) is 0 Å². The van der Waals surface area contributed by atoms with Crippen molar-refractivity contribution in [2.75, 3.05) is 12.0 Å². The zero-order valence-corrected chi connectivity index (χ0v) is 13.3. The minimum atomic E-state index is -0.973. The first-order valence-corrected chi connectivity index (χ1v) is 8.63. The van der Waals surface area contributed by atoms with E-state index in [9.17, 15) is 9.59 Å². The van der Waals surface area contributed by atoms with Crippen molar-refractivity contribution >= 4 is 23.8 Å². The molecular formula is C14H26N2O3S. The Kier molecular flexibility index (Phi) is 7.19. The predicted octanol–water partition coefficient (Wildman–Crippen LogP) is 2.32. The second-order valence-corrected chi connectivity index (χ2v) is 6.65. The molecule has 0 aliphatic heterocycles. The van der Waals surface area contributed by atoms with E-state index in [1.807, 2.05) is 6.26 Å². The van der Waals surface area contributed by atoms with Gasteiger partial charge < -0.3 is 15.7 Å². The Balaban J connectivity index is 2.46. The van der Waals surface area contributed by atoms with Crippen LogP contribution in [0.25, 0.3) is 0 Å². The van der Waals surface area contributed by atoms with Crippen molar-refractivity contribution in [3.05, 3.63) is 0 Å². The fourth-order valence-corrected chi connectivity index (χ4v) is 3.12. The molecule has 1 fully saturated rings. The summed E-state index contributed by atoms with van der Waals surface area (Å²) in [4.78, 5) is 23.0. The van der Waals surface area contributed by atoms with Gasteiger partial charge in [0.2, 0.25) is 0 Å². The lowest BCUT2D eigenvalue weighted by atomic mass is 9.78. The van der Waals surface area contributed by atoms with Crippen molar-refractivity contribution in [3.63, 3.8) is 0 Å². The van der Waals surface area contributed by atoms with Gasteiger partial charge in [-0.05, 0) is 36.7 Å². The highest BCUT2D eigenvalue weighted by atomic mass is 32.2. The maximum absolute atomic E-state index is 11.9. The SMILES string of the molecule is CSCCC(NC(=O)NC1CCCC(C)C1C)C(=O)O. The second-order valence-electron chi connectivity index (χ2n) is 5.66. The van der Waals surface area contributed by atoms with Gasteiger partial charge >= 0.3 is 12.0 Å². The first kappa shape index (κ1) is 17.1. The van der Waals surface area contributed by atoms with Gasteiger partial charge in [0, 0.05) is 6.04 Å². The van der Waals surface area contributed by atoms with E-state index in [2.05, 4.69) is 24.5 Å². The molecule has 1 rings (SSSR count). The molecule has 1 saturated carbocycles. The minimum Gasteiger partial charge on any atom is -0.480 e. The smallest absolute Gasteiger partial charge is 0.326 e. The van der Waals surface area contributed by atoms with Gasteiger partial charge in [0.1, 0.15) is 6.04 Å². The van der Waals surface area contributed by atoms with Crippen LogP contribution in [-0.2, 0) is 4.79 Å². The Bertz CT molecular complexity index is 338. The molecule has 1 aliphatic rings. The van der Waals surface area contributed by atoms with Gasteiger partial charge in [-0.15, -0.1) is 0 Å². The van der Waals surface area contributed by atoms with E-state index in [1.54, 1.807) is 11.8 Å². The van der Waals surface area contributed by atoms with Gasteiger partial charge in [-0.2, -0.15) is 11.8 Å². The fraction of sp³-hybridized carbons (Fsp3) is 0.857.